The Labute approximate surface area is 80.3 Å². The molecule has 0 aromatic carbocycles. The van der Waals surface area contributed by atoms with Crippen molar-refractivity contribution in [3.05, 3.63) is 0 Å². The summed E-state index contributed by atoms with van der Waals surface area (Å²) in [6, 6.07) is 0.994. The van der Waals surface area contributed by atoms with Gasteiger partial charge in [0.05, 0.1) is 0 Å². The molecule has 0 radical (unpaired) electrons. The molecule has 0 aliphatic heterocycles. The van der Waals surface area contributed by atoms with Gasteiger partial charge in [-0.25, -0.2) is 0 Å². The lowest BCUT2D eigenvalue weighted by atomic mass is 9.84. The first-order valence-corrected chi connectivity index (χ1v) is 5.52. The summed E-state index contributed by atoms with van der Waals surface area (Å²) in [5.74, 6) is 0.812. The third kappa shape index (κ3) is 1.72. The summed E-state index contributed by atoms with van der Waals surface area (Å²) in [5.41, 5.74) is 0. The standard InChI is InChI=1S/C11H19NO/c1-8(2)12(10-6-7-10)11(13)9-4-3-5-9/h8-10H,3-7H2,1-2H3. The monoisotopic (exact) mass is 181 g/mol. The molecule has 1 amide bonds. The van der Waals surface area contributed by atoms with Crippen molar-refractivity contribution >= 4 is 5.91 Å². The Morgan fingerprint density at radius 1 is 1.23 bits per heavy atom. The minimum Gasteiger partial charge on any atom is -0.337 e. The van der Waals surface area contributed by atoms with E-state index in [1.165, 1.54) is 19.3 Å². The highest BCUT2D eigenvalue weighted by atomic mass is 16.2. The minimum atomic E-state index is 0.378. The molecule has 0 heterocycles. The Balaban J connectivity index is 1.96. The third-order valence-corrected chi connectivity index (χ3v) is 3.21. The summed E-state index contributed by atoms with van der Waals surface area (Å²) in [6.45, 7) is 4.27. The molecule has 0 spiro atoms. The van der Waals surface area contributed by atoms with E-state index >= 15 is 0 Å². The Morgan fingerprint density at radius 2 is 1.85 bits per heavy atom. The average molecular weight is 181 g/mol. The molecule has 2 rings (SSSR count). The molecule has 2 fully saturated rings. The van der Waals surface area contributed by atoms with Gasteiger partial charge in [-0.2, -0.15) is 0 Å². The van der Waals surface area contributed by atoms with Gasteiger partial charge < -0.3 is 4.90 Å². The van der Waals surface area contributed by atoms with Crippen LogP contribution in [0, 0.1) is 5.92 Å². The highest BCUT2D eigenvalue weighted by Crippen LogP contribution is 2.35. The van der Waals surface area contributed by atoms with Crippen LogP contribution < -0.4 is 0 Å². The molecular weight excluding hydrogens is 162 g/mol. The van der Waals surface area contributed by atoms with Crippen LogP contribution in [-0.4, -0.2) is 22.9 Å². The molecule has 13 heavy (non-hydrogen) atoms. The Kier molecular flexibility index (Phi) is 2.31. The van der Waals surface area contributed by atoms with Gasteiger partial charge in [0.25, 0.3) is 0 Å². The molecule has 0 saturated heterocycles. The molecule has 2 aliphatic carbocycles. The maximum Gasteiger partial charge on any atom is 0.226 e. The summed E-state index contributed by atoms with van der Waals surface area (Å²) in [5, 5.41) is 0. The normalized spacial score (nSPS) is 23.0. The summed E-state index contributed by atoms with van der Waals surface area (Å²) < 4.78 is 0. The fourth-order valence-corrected chi connectivity index (χ4v) is 2.07. The third-order valence-electron chi connectivity index (χ3n) is 3.21. The number of carbonyl (C=O) groups is 1. The molecule has 2 nitrogen and oxygen atoms in total. The SMILES string of the molecule is CC(C)N(C(=O)C1CCC1)C1CC1. The van der Waals surface area contributed by atoms with Crippen molar-refractivity contribution in [2.24, 2.45) is 5.92 Å². The van der Waals surface area contributed by atoms with E-state index < -0.39 is 0 Å². The fourth-order valence-electron chi connectivity index (χ4n) is 2.07. The second-order valence-corrected chi connectivity index (χ2v) is 4.70. The van der Waals surface area contributed by atoms with Crippen molar-refractivity contribution in [2.45, 2.75) is 58.0 Å². The van der Waals surface area contributed by atoms with Crippen LogP contribution in [0.2, 0.25) is 0 Å². The van der Waals surface area contributed by atoms with Crippen molar-refractivity contribution in [1.29, 1.82) is 0 Å². The van der Waals surface area contributed by atoms with Gasteiger partial charge in [0.2, 0.25) is 5.91 Å². The maximum absolute atomic E-state index is 12.0. The van der Waals surface area contributed by atoms with Gasteiger partial charge in [0.15, 0.2) is 0 Å². The first-order chi connectivity index (χ1) is 6.20. The van der Waals surface area contributed by atoms with Crippen molar-refractivity contribution in [3.63, 3.8) is 0 Å². The topological polar surface area (TPSA) is 20.3 Å². The van der Waals surface area contributed by atoms with E-state index in [0.717, 1.165) is 12.8 Å². The predicted octanol–water partition coefficient (Wildman–Crippen LogP) is 2.19. The lowest BCUT2D eigenvalue weighted by molar-refractivity contribution is -0.140. The lowest BCUT2D eigenvalue weighted by Crippen LogP contribution is -2.44. The van der Waals surface area contributed by atoms with E-state index in [-0.39, 0.29) is 0 Å². The second kappa shape index (κ2) is 3.32. The molecule has 2 aliphatic rings. The summed E-state index contributed by atoms with van der Waals surface area (Å²) in [6.07, 6.45) is 5.99. The van der Waals surface area contributed by atoms with Crippen LogP contribution in [0.15, 0.2) is 0 Å². The molecule has 0 unspecified atom stereocenters. The molecule has 0 N–H and O–H groups in total. The molecular formula is C11H19NO. The number of carbonyl (C=O) groups excluding carboxylic acids is 1. The van der Waals surface area contributed by atoms with Crippen molar-refractivity contribution in [2.75, 3.05) is 0 Å². The van der Waals surface area contributed by atoms with Crippen LogP contribution in [0.3, 0.4) is 0 Å². The zero-order valence-electron chi connectivity index (χ0n) is 8.62. The highest BCUT2D eigenvalue weighted by molar-refractivity contribution is 5.80. The van der Waals surface area contributed by atoms with E-state index in [4.69, 9.17) is 0 Å². The molecule has 0 aromatic rings. The fraction of sp³-hybridized carbons (Fsp3) is 0.909. The number of rotatable bonds is 3. The molecule has 0 atom stereocenters. The molecule has 0 aromatic heterocycles. The minimum absolute atomic E-state index is 0.378. The van der Waals surface area contributed by atoms with E-state index in [2.05, 4.69) is 18.7 Å². The van der Waals surface area contributed by atoms with Crippen LogP contribution in [-0.2, 0) is 4.79 Å². The second-order valence-electron chi connectivity index (χ2n) is 4.70. The van der Waals surface area contributed by atoms with Crippen LogP contribution >= 0.6 is 0 Å². The Hall–Kier alpha value is -0.530. The Morgan fingerprint density at radius 3 is 2.15 bits per heavy atom. The maximum atomic E-state index is 12.0. The number of hydrogen-bond donors (Lipinski definition) is 0. The largest absolute Gasteiger partial charge is 0.337 e. The zero-order chi connectivity index (χ0) is 9.42. The number of hydrogen-bond acceptors (Lipinski definition) is 1. The van der Waals surface area contributed by atoms with Crippen LogP contribution in [0.25, 0.3) is 0 Å². The lowest BCUT2D eigenvalue weighted by Gasteiger charge is -2.34. The summed E-state index contributed by atoms with van der Waals surface area (Å²) >= 11 is 0. The van der Waals surface area contributed by atoms with Gasteiger partial charge in [-0.1, -0.05) is 6.42 Å². The van der Waals surface area contributed by atoms with Gasteiger partial charge >= 0.3 is 0 Å². The first kappa shape index (κ1) is 9.04. The summed E-state index contributed by atoms with van der Waals surface area (Å²) in [4.78, 5) is 14.1. The Bertz CT molecular complexity index is 202. The zero-order valence-corrected chi connectivity index (χ0v) is 8.62. The highest BCUT2D eigenvalue weighted by Gasteiger charge is 2.38. The van der Waals surface area contributed by atoms with E-state index in [0.29, 0.717) is 23.9 Å². The van der Waals surface area contributed by atoms with Crippen LogP contribution in [0.4, 0.5) is 0 Å². The van der Waals surface area contributed by atoms with E-state index in [1.807, 2.05) is 0 Å². The van der Waals surface area contributed by atoms with Crippen LogP contribution in [0.1, 0.15) is 46.0 Å². The van der Waals surface area contributed by atoms with Crippen LogP contribution in [0.5, 0.6) is 0 Å². The number of nitrogens with zero attached hydrogens (tertiary/aromatic N) is 1. The van der Waals surface area contributed by atoms with Crippen molar-refractivity contribution < 1.29 is 4.79 Å². The summed E-state index contributed by atoms with van der Waals surface area (Å²) in [7, 11) is 0. The van der Waals surface area contributed by atoms with Gasteiger partial charge in [-0.05, 0) is 39.5 Å². The molecule has 0 bridgehead atoms. The smallest absolute Gasteiger partial charge is 0.226 e. The predicted molar refractivity (Wildman–Crippen MR) is 52.3 cm³/mol. The van der Waals surface area contributed by atoms with Crippen molar-refractivity contribution in [3.8, 4) is 0 Å². The van der Waals surface area contributed by atoms with Gasteiger partial charge in [-0.3, -0.25) is 4.79 Å². The van der Waals surface area contributed by atoms with Gasteiger partial charge in [-0.15, -0.1) is 0 Å². The quantitative estimate of drug-likeness (QED) is 0.653. The molecule has 74 valence electrons. The molecule has 2 heteroatoms. The number of amides is 1. The van der Waals surface area contributed by atoms with Gasteiger partial charge in [0.1, 0.15) is 0 Å². The van der Waals surface area contributed by atoms with Gasteiger partial charge in [0, 0.05) is 18.0 Å². The van der Waals surface area contributed by atoms with Crippen molar-refractivity contribution in [1.82, 2.24) is 4.90 Å². The average Bonchev–Trinajstić information content (AvgIpc) is 2.65. The van der Waals surface area contributed by atoms with E-state index in [1.54, 1.807) is 0 Å². The first-order valence-electron chi connectivity index (χ1n) is 5.52. The molecule has 2 saturated carbocycles. The van der Waals surface area contributed by atoms with E-state index in [9.17, 15) is 4.79 Å².